The van der Waals surface area contributed by atoms with E-state index in [1.165, 1.54) is 0 Å². The van der Waals surface area contributed by atoms with Gasteiger partial charge >= 0.3 is 0 Å². The first-order chi connectivity index (χ1) is 12.2. The lowest BCUT2D eigenvalue weighted by atomic mass is 9.98. The lowest BCUT2D eigenvalue weighted by molar-refractivity contribution is 0.0444. The first-order valence-electron chi connectivity index (χ1n) is 8.19. The Hall–Kier alpha value is -3.22. The Labute approximate surface area is 145 Å². The number of hydrogen-bond acceptors (Lipinski definition) is 5. The van der Waals surface area contributed by atoms with Gasteiger partial charge in [0.1, 0.15) is 17.3 Å². The number of nitrogens with one attached hydrogen (secondary N) is 2. The molecule has 3 heterocycles. The minimum atomic E-state index is -0.0532. The number of aromatic nitrogens is 4. The molecule has 1 fully saturated rings. The molecule has 1 saturated heterocycles. The summed E-state index contributed by atoms with van der Waals surface area (Å²) in [5.74, 6) is 1.36. The lowest BCUT2D eigenvalue weighted by Crippen LogP contribution is -2.45. The molecule has 0 bridgehead atoms. The normalized spacial score (nSPS) is 16.4. The highest BCUT2D eigenvalue weighted by atomic mass is 16.2. The molecular formula is C18H18N6O. The molecule has 7 nitrogen and oxygen atoms in total. The van der Waals surface area contributed by atoms with Crippen molar-refractivity contribution in [1.29, 1.82) is 0 Å². The summed E-state index contributed by atoms with van der Waals surface area (Å²) < 4.78 is 0. The largest absolute Gasteiger partial charge is 0.340 e. The molecule has 1 aromatic carbocycles. The molecule has 25 heavy (non-hydrogen) atoms. The molecule has 0 saturated carbocycles. The average Bonchev–Trinajstić information content (AvgIpc) is 3.08. The summed E-state index contributed by atoms with van der Waals surface area (Å²) in [6.45, 7) is 2.58. The van der Waals surface area contributed by atoms with Gasteiger partial charge in [-0.05, 0) is 31.5 Å². The van der Waals surface area contributed by atoms with Crippen LogP contribution in [0, 0.1) is 6.92 Å². The van der Waals surface area contributed by atoms with Crippen LogP contribution in [-0.4, -0.2) is 37.5 Å². The van der Waals surface area contributed by atoms with Gasteiger partial charge in [0.05, 0.1) is 11.7 Å². The van der Waals surface area contributed by atoms with Gasteiger partial charge in [0, 0.05) is 24.5 Å². The number of likely N-dealkylation sites (tertiary alicyclic amines) is 1. The fourth-order valence-electron chi connectivity index (χ4n) is 2.96. The smallest absolute Gasteiger partial charge is 0.272 e. The van der Waals surface area contributed by atoms with E-state index in [1.807, 2.05) is 48.2 Å². The van der Waals surface area contributed by atoms with Crippen molar-refractivity contribution in [2.75, 3.05) is 11.9 Å². The molecule has 7 heteroatoms. The van der Waals surface area contributed by atoms with E-state index < -0.39 is 0 Å². The van der Waals surface area contributed by atoms with Crippen LogP contribution in [0.2, 0.25) is 0 Å². The molecule has 126 valence electrons. The zero-order valence-corrected chi connectivity index (χ0v) is 13.8. The van der Waals surface area contributed by atoms with E-state index in [1.54, 1.807) is 12.3 Å². The van der Waals surface area contributed by atoms with E-state index in [4.69, 9.17) is 0 Å². The van der Waals surface area contributed by atoms with Crippen molar-refractivity contribution in [2.24, 2.45) is 0 Å². The third-order valence-electron chi connectivity index (χ3n) is 4.26. The fourth-order valence-corrected chi connectivity index (χ4v) is 2.96. The van der Waals surface area contributed by atoms with Crippen molar-refractivity contribution in [3.63, 3.8) is 0 Å². The van der Waals surface area contributed by atoms with Gasteiger partial charge in [0.2, 0.25) is 0 Å². The topological polar surface area (TPSA) is 86.8 Å². The Morgan fingerprint density at radius 2 is 2.08 bits per heavy atom. The summed E-state index contributed by atoms with van der Waals surface area (Å²) in [6, 6.07) is 13.4. The maximum Gasteiger partial charge on any atom is 0.272 e. The SMILES string of the molecule is Cc1nc(Nc2ccccc2)cc([C@@H]2CCN2C(=O)c2ccn[nH]2)n1. The van der Waals surface area contributed by atoms with Gasteiger partial charge < -0.3 is 10.2 Å². The summed E-state index contributed by atoms with van der Waals surface area (Å²) in [7, 11) is 0. The molecule has 0 radical (unpaired) electrons. The standard InChI is InChI=1S/C18H18N6O/c1-12-20-15(11-17(21-12)22-13-5-3-2-4-6-13)16-8-10-24(16)18(25)14-7-9-19-23-14/h2-7,9,11,16H,8,10H2,1H3,(H,19,23)(H,20,21,22)/t16-/m0/s1. The molecule has 0 spiro atoms. The number of rotatable bonds is 4. The molecule has 2 aromatic heterocycles. The number of anilines is 2. The average molecular weight is 334 g/mol. The lowest BCUT2D eigenvalue weighted by Gasteiger charge is -2.40. The van der Waals surface area contributed by atoms with Crippen molar-refractivity contribution >= 4 is 17.4 Å². The Morgan fingerprint density at radius 1 is 1.24 bits per heavy atom. The van der Waals surface area contributed by atoms with Gasteiger partial charge in [0.25, 0.3) is 5.91 Å². The van der Waals surface area contributed by atoms with Gasteiger partial charge in [-0.1, -0.05) is 18.2 Å². The predicted molar refractivity (Wildman–Crippen MR) is 93.5 cm³/mol. The molecule has 1 amide bonds. The van der Waals surface area contributed by atoms with Crippen LogP contribution < -0.4 is 5.32 Å². The second-order valence-electron chi connectivity index (χ2n) is 5.99. The monoisotopic (exact) mass is 334 g/mol. The number of carbonyl (C=O) groups excluding carboxylic acids is 1. The summed E-state index contributed by atoms with van der Waals surface area (Å²) in [5, 5.41) is 9.87. The maximum atomic E-state index is 12.5. The van der Waals surface area contributed by atoms with Crippen LogP contribution in [0.25, 0.3) is 0 Å². The second-order valence-corrected chi connectivity index (χ2v) is 5.99. The first-order valence-corrected chi connectivity index (χ1v) is 8.19. The highest BCUT2D eigenvalue weighted by molar-refractivity contribution is 5.93. The van der Waals surface area contributed by atoms with E-state index in [0.29, 0.717) is 18.1 Å². The molecule has 2 N–H and O–H groups in total. The van der Waals surface area contributed by atoms with Crippen LogP contribution in [0.4, 0.5) is 11.5 Å². The van der Waals surface area contributed by atoms with Crippen LogP contribution in [0.15, 0.2) is 48.7 Å². The summed E-state index contributed by atoms with van der Waals surface area (Å²) in [6.07, 6.45) is 2.47. The van der Waals surface area contributed by atoms with Gasteiger partial charge in [-0.15, -0.1) is 0 Å². The number of benzene rings is 1. The fraction of sp³-hybridized carbons (Fsp3) is 0.222. The molecule has 1 aliphatic rings. The third-order valence-corrected chi connectivity index (χ3v) is 4.26. The number of nitrogens with zero attached hydrogens (tertiary/aromatic N) is 4. The number of carbonyl (C=O) groups is 1. The van der Waals surface area contributed by atoms with Gasteiger partial charge in [-0.25, -0.2) is 9.97 Å². The third kappa shape index (κ3) is 3.08. The van der Waals surface area contributed by atoms with Crippen LogP contribution >= 0.6 is 0 Å². The van der Waals surface area contributed by atoms with E-state index in [9.17, 15) is 4.79 Å². The highest BCUT2D eigenvalue weighted by Gasteiger charge is 2.35. The minimum Gasteiger partial charge on any atom is -0.340 e. The van der Waals surface area contributed by atoms with E-state index in [2.05, 4.69) is 25.5 Å². The quantitative estimate of drug-likeness (QED) is 0.766. The van der Waals surface area contributed by atoms with Crippen LogP contribution in [0.3, 0.4) is 0 Å². The number of aryl methyl sites for hydroxylation is 1. The number of amides is 1. The molecule has 0 unspecified atom stereocenters. The Morgan fingerprint density at radius 3 is 2.76 bits per heavy atom. The number of hydrogen-bond donors (Lipinski definition) is 2. The van der Waals surface area contributed by atoms with Crippen LogP contribution in [0.1, 0.15) is 34.5 Å². The molecule has 4 rings (SSSR count). The van der Waals surface area contributed by atoms with Crippen LogP contribution in [-0.2, 0) is 0 Å². The van der Waals surface area contributed by atoms with E-state index in [0.717, 1.165) is 23.6 Å². The number of H-pyrrole nitrogens is 1. The van der Waals surface area contributed by atoms with Crippen LogP contribution in [0.5, 0.6) is 0 Å². The van der Waals surface area contributed by atoms with Crippen molar-refractivity contribution in [1.82, 2.24) is 25.1 Å². The Bertz CT molecular complexity index is 878. The number of aromatic amines is 1. The maximum absolute atomic E-state index is 12.5. The van der Waals surface area contributed by atoms with Gasteiger partial charge in [-0.2, -0.15) is 5.10 Å². The zero-order chi connectivity index (χ0) is 17.2. The Balaban J connectivity index is 1.57. The molecule has 0 aliphatic carbocycles. The predicted octanol–water partition coefficient (Wildman–Crippen LogP) is 2.84. The van der Waals surface area contributed by atoms with Crippen molar-refractivity contribution in [3.8, 4) is 0 Å². The van der Waals surface area contributed by atoms with E-state index in [-0.39, 0.29) is 11.9 Å². The van der Waals surface area contributed by atoms with Crippen molar-refractivity contribution < 1.29 is 4.79 Å². The Kier molecular flexibility index (Phi) is 3.89. The molecular weight excluding hydrogens is 316 g/mol. The number of para-hydroxylation sites is 1. The molecule has 1 aliphatic heterocycles. The second kappa shape index (κ2) is 6.35. The van der Waals surface area contributed by atoms with Crippen molar-refractivity contribution in [2.45, 2.75) is 19.4 Å². The summed E-state index contributed by atoms with van der Waals surface area (Å²) in [4.78, 5) is 23.3. The van der Waals surface area contributed by atoms with Gasteiger partial charge in [0.15, 0.2) is 0 Å². The highest BCUT2D eigenvalue weighted by Crippen LogP contribution is 2.34. The molecule has 3 aromatic rings. The summed E-state index contributed by atoms with van der Waals surface area (Å²) >= 11 is 0. The zero-order valence-electron chi connectivity index (χ0n) is 13.8. The van der Waals surface area contributed by atoms with Crippen molar-refractivity contribution in [3.05, 3.63) is 65.9 Å². The summed E-state index contributed by atoms with van der Waals surface area (Å²) in [5.41, 5.74) is 2.31. The minimum absolute atomic E-state index is 0.0335. The first kappa shape index (κ1) is 15.3. The molecule has 1 atom stereocenters. The van der Waals surface area contributed by atoms with Gasteiger partial charge in [-0.3, -0.25) is 9.89 Å². The van der Waals surface area contributed by atoms with E-state index >= 15 is 0 Å².